The smallest absolute Gasteiger partial charge is 0.214 e. The zero-order chi connectivity index (χ0) is 21.5. The van der Waals surface area contributed by atoms with E-state index in [2.05, 4.69) is 12.1 Å². The van der Waals surface area contributed by atoms with E-state index in [4.69, 9.17) is 42.5 Å². The minimum Gasteiger partial charge on any atom is -0.493 e. The van der Waals surface area contributed by atoms with Gasteiger partial charge in [0, 0.05) is 22.6 Å². The van der Waals surface area contributed by atoms with Gasteiger partial charge in [0.15, 0.2) is 11.5 Å². The van der Waals surface area contributed by atoms with Crippen LogP contribution in [-0.2, 0) is 0 Å². The van der Waals surface area contributed by atoms with Crippen LogP contribution in [0, 0.1) is 0 Å². The zero-order valence-electron chi connectivity index (χ0n) is 17.0. The summed E-state index contributed by atoms with van der Waals surface area (Å²) in [6.07, 6.45) is 0.248. The molecule has 31 heavy (non-hydrogen) atoms. The van der Waals surface area contributed by atoms with Gasteiger partial charge in [-0.1, -0.05) is 53.5 Å². The van der Waals surface area contributed by atoms with Crippen molar-refractivity contribution in [2.75, 3.05) is 14.2 Å². The molecule has 0 saturated heterocycles. The Hall–Kier alpha value is -2.89. The molecule has 0 bridgehead atoms. The van der Waals surface area contributed by atoms with Crippen LogP contribution in [0.25, 0.3) is 0 Å². The summed E-state index contributed by atoms with van der Waals surface area (Å²) in [7, 11) is 3.23. The van der Waals surface area contributed by atoms with Gasteiger partial charge in [-0.05, 0) is 35.9 Å². The Bertz CT molecular complexity index is 1170. The van der Waals surface area contributed by atoms with Crippen molar-refractivity contribution >= 4 is 28.9 Å². The zero-order valence-corrected chi connectivity index (χ0v) is 18.5. The molecule has 0 amide bonds. The SMILES string of the molecule is COc1ccc([C@@H]2Oc3c(Cl)cc(Cl)cc3[C@H]3CC(c4ccccc4)=NN32)cc1OC. The van der Waals surface area contributed by atoms with Crippen LogP contribution in [0.3, 0.4) is 0 Å². The van der Waals surface area contributed by atoms with Gasteiger partial charge >= 0.3 is 0 Å². The van der Waals surface area contributed by atoms with Gasteiger partial charge in [-0.3, -0.25) is 0 Å². The Balaban J connectivity index is 1.63. The fraction of sp³-hybridized carbons (Fsp3) is 0.208. The molecule has 2 heterocycles. The minimum atomic E-state index is -0.475. The lowest BCUT2D eigenvalue weighted by Gasteiger charge is -2.38. The monoisotopic (exact) mass is 454 g/mol. The maximum absolute atomic E-state index is 6.54. The van der Waals surface area contributed by atoms with E-state index >= 15 is 0 Å². The second kappa shape index (κ2) is 7.98. The third-order valence-corrected chi connectivity index (χ3v) is 6.11. The maximum atomic E-state index is 6.54. The van der Waals surface area contributed by atoms with Gasteiger partial charge in [0.2, 0.25) is 6.23 Å². The van der Waals surface area contributed by atoms with Crippen molar-refractivity contribution in [1.29, 1.82) is 0 Å². The number of rotatable bonds is 4. The molecule has 2 atom stereocenters. The molecule has 0 spiro atoms. The molecule has 2 aliphatic heterocycles. The minimum absolute atomic E-state index is 0.0479. The van der Waals surface area contributed by atoms with Crippen molar-refractivity contribution in [3.8, 4) is 17.2 Å². The number of ether oxygens (including phenoxy) is 3. The number of hydrogen-bond donors (Lipinski definition) is 0. The Morgan fingerprint density at radius 1 is 0.968 bits per heavy atom. The van der Waals surface area contributed by atoms with Crippen molar-refractivity contribution < 1.29 is 14.2 Å². The third kappa shape index (κ3) is 3.48. The van der Waals surface area contributed by atoms with Gasteiger partial charge in [-0.25, -0.2) is 5.01 Å². The standard InChI is InChI=1S/C24H20Cl2N2O3/c1-29-21-9-8-15(10-22(21)30-2)24-28-20(13-19(27-28)14-6-4-3-5-7-14)17-11-16(25)12-18(26)23(17)31-24/h3-12,20,24H,13H2,1-2H3/t20-,24+/m1/s1. The van der Waals surface area contributed by atoms with Crippen LogP contribution in [0.4, 0.5) is 0 Å². The first-order valence-electron chi connectivity index (χ1n) is 9.88. The molecule has 3 aromatic carbocycles. The molecule has 5 rings (SSSR count). The summed E-state index contributed by atoms with van der Waals surface area (Å²) in [4.78, 5) is 0. The van der Waals surface area contributed by atoms with Gasteiger partial charge in [0.25, 0.3) is 0 Å². The molecule has 7 heteroatoms. The molecule has 0 aliphatic carbocycles. The summed E-state index contributed by atoms with van der Waals surface area (Å²) in [5.41, 5.74) is 3.89. The van der Waals surface area contributed by atoms with Crippen molar-refractivity contribution in [3.05, 3.63) is 87.4 Å². The quantitative estimate of drug-likeness (QED) is 0.466. The Morgan fingerprint density at radius 3 is 2.48 bits per heavy atom. The van der Waals surface area contributed by atoms with E-state index in [0.29, 0.717) is 27.3 Å². The molecule has 0 radical (unpaired) electrons. The number of fused-ring (bicyclic) bond motifs is 3. The Kier molecular flexibility index (Phi) is 5.16. The number of halogens is 2. The molecular weight excluding hydrogens is 435 g/mol. The predicted octanol–water partition coefficient (Wildman–Crippen LogP) is 6.25. The van der Waals surface area contributed by atoms with Gasteiger partial charge < -0.3 is 14.2 Å². The number of nitrogens with zero attached hydrogens (tertiary/aromatic N) is 2. The van der Waals surface area contributed by atoms with E-state index in [-0.39, 0.29) is 6.04 Å². The Morgan fingerprint density at radius 2 is 1.74 bits per heavy atom. The molecule has 0 unspecified atom stereocenters. The van der Waals surface area contributed by atoms with Crippen LogP contribution in [-0.4, -0.2) is 24.9 Å². The summed E-state index contributed by atoms with van der Waals surface area (Å²) in [6.45, 7) is 0. The molecule has 158 valence electrons. The van der Waals surface area contributed by atoms with E-state index in [1.54, 1.807) is 20.3 Å². The normalized spacial score (nSPS) is 19.2. The van der Waals surface area contributed by atoms with E-state index in [1.165, 1.54) is 0 Å². The molecule has 5 nitrogen and oxygen atoms in total. The average Bonchev–Trinajstić information content (AvgIpc) is 3.25. The highest BCUT2D eigenvalue weighted by molar-refractivity contribution is 6.35. The number of methoxy groups -OCH3 is 2. The van der Waals surface area contributed by atoms with Crippen LogP contribution in [0.1, 0.15) is 35.4 Å². The van der Waals surface area contributed by atoms with E-state index in [1.807, 2.05) is 47.5 Å². The molecule has 0 aromatic heterocycles. The highest BCUT2D eigenvalue weighted by Crippen LogP contribution is 2.51. The summed E-state index contributed by atoms with van der Waals surface area (Å²) >= 11 is 12.9. The van der Waals surface area contributed by atoms with Crippen LogP contribution in [0.5, 0.6) is 17.2 Å². The molecule has 0 N–H and O–H groups in total. The largest absolute Gasteiger partial charge is 0.493 e. The molecule has 0 saturated carbocycles. The lowest BCUT2D eigenvalue weighted by molar-refractivity contribution is -0.0190. The van der Waals surface area contributed by atoms with Crippen molar-refractivity contribution in [2.45, 2.75) is 18.7 Å². The van der Waals surface area contributed by atoms with Crippen LogP contribution in [0.15, 0.2) is 65.8 Å². The number of hydrazone groups is 1. The van der Waals surface area contributed by atoms with Gasteiger partial charge in [-0.15, -0.1) is 0 Å². The van der Waals surface area contributed by atoms with Gasteiger partial charge in [0.05, 0.1) is 31.0 Å². The first kappa shape index (κ1) is 20.0. The fourth-order valence-corrected chi connectivity index (χ4v) is 4.70. The van der Waals surface area contributed by atoms with Crippen LogP contribution < -0.4 is 14.2 Å². The second-order valence-electron chi connectivity index (χ2n) is 7.40. The van der Waals surface area contributed by atoms with Crippen molar-refractivity contribution in [2.24, 2.45) is 5.10 Å². The Labute approximate surface area is 190 Å². The molecule has 2 aliphatic rings. The van der Waals surface area contributed by atoms with Crippen LogP contribution >= 0.6 is 23.2 Å². The number of hydrogen-bond acceptors (Lipinski definition) is 5. The molecule has 0 fully saturated rings. The van der Waals surface area contributed by atoms with Gasteiger partial charge in [0.1, 0.15) is 5.75 Å². The van der Waals surface area contributed by atoms with Crippen molar-refractivity contribution in [1.82, 2.24) is 5.01 Å². The van der Waals surface area contributed by atoms with Crippen LogP contribution in [0.2, 0.25) is 10.0 Å². The van der Waals surface area contributed by atoms with Gasteiger partial charge in [-0.2, -0.15) is 5.10 Å². The highest BCUT2D eigenvalue weighted by Gasteiger charge is 2.42. The lowest BCUT2D eigenvalue weighted by atomic mass is 9.96. The summed E-state index contributed by atoms with van der Waals surface area (Å²) in [5.74, 6) is 1.91. The molecule has 3 aromatic rings. The van der Waals surface area contributed by atoms with Crippen molar-refractivity contribution in [3.63, 3.8) is 0 Å². The molecular formula is C24H20Cl2N2O3. The summed E-state index contributed by atoms with van der Waals surface area (Å²) < 4.78 is 17.3. The first-order chi connectivity index (χ1) is 15.1. The third-order valence-electron chi connectivity index (χ3n) is 5.61. The fourth-order valence-electron chi connectivity index (χ4n) is 4.15. The van der Waals surface area contributed by atoms with E-state index in [9.17, 15) is 0 Å². The second-order valence-corrected chi connectivity index (χ2v) is 8.25. The number of benzene rings is 3. The van der Waals surface area contributed by atoms with E-state index in [0.717, 1.165) is 28.8 Å². The predicted molar refractivity (Wildman–Crippen MR) is 122 cm³/mol. The summed E-state index contributed by atoms with van der Waals surface area (Å²) in [6, 6.07) is 19.4. The summed E-state index contributed by atoms with van der Waals surface area (Å²) in [5, 5.41) is 8.01. The van der Waals surface area contributed by atoms with E-state index < -0.39 is 6.23 Å². The average molecular weight is 455 g/mol. The lowest BCUT2D eigenvalue weighted by Crippen LogP contribution is -2.33. The highest BCUT2D eigenvalue weighted by atomic mass is 35.5. The topological polar surface area (TPSA) is 43.3 Å². The first-order valence-corrected chi connectivity index (χ1v) is 10.6. The maximum Gasteiger partial charge on any atom is 0.214 e.